The molecule has 262 valence electrons. The van der Waals surface area contributed by atoms with Gasteiger partial charge in [-0.1, -0.05) is 0 Å². The first-order valence-corrected chi connectivity index (χ1v) is 21.9. The van der Waals surface area contributed by atoms with E-state index in [-0.39, 0.29) is 41.1 Å². The van der Waals surface area contributed by atoms with E-state index in [1.54, 1.807) is 6.55 Å². The van der Waals surface area contributed by atoms with Gasteiger partial charge in [-0.2, -0.15) is 0 Å². The second kappa shape index (κ2) is 15.3. The minimum absolute atomic E-state index is 0. The molecule has 0 saturated carbocycles. The third-order valence-electron chi connectivity index (χ3n) is 10.2. The number of fused-ring (bicyclic) bond motifs is 3. The van der Waals surface area contributed by atoms with Crippen molar-refractivity contribution >= 4 is 29.7 Å². The Kier molecular flexibility index (Phi) is 12.6. The van der Waals surface area contributed by atoms with Crippen LogP contribution in [0, 0.1) is 11.3 Å². The van der Waals surface area contributed by atoms with Gasteiger partial charge in [-0.15, -0.1) is 0 Å². The van der Waals surface area contributed by atoms with Gasteiger partial charge >= 0.3 is 310 Å². The van der Waals surface area contributed by atoms with Gasteiger partial charge in [0.05, 0.1) is 0 Å². The fraction of sp³-hybridized carbons (Fsp3) is 0.356. The fourth-order valence-corrected chi connectivity index (χ4v) is 16.3. The van der Waals surface area contributed by atoms with Gasteiger partial charge in [-0.3, -0.25) is 0 Å². The predicted octanol–water partition coefficient (Wildman–Crippen LogP) is 6.58. The molecule has 0 radical (unpaired) electrons. The van der Waals surface area contributed by atoms with Gasteiger partial charge in [0.2, 0.25) is 0 Å². The molecular weight excluding hydrogens is 774 g/mol. The molecule has 0 spiro atoms. The summed E-state index contributed by atoms with van der Waals surface area (Å²) in [5, 5.41) is 1.54. The summed E-state index contributed by atoms with van der Waals surface area (Å²) in [5.74, 6) is 0.409. The zero-order valence-corrected chi connectivity index (χ0v) is 36.6. The first-order chi connectivity index (χ1) is 22.5. The molecule has 0 bridgehead atoms. The number of benzene rings is 4. The van der Waals surface area contributed by atoms with Crippen molar-refractivity contribution in [3.8, 4) is 11.1 Å². The van der Waals surface area contributed by atoms with E-state index in [0.29, 0.717) is 5.92 Å². The van der Waals surface area contributed by atoms with Crippen LogP contribution in [-0.4, -0.2) is 3.21 Å². The zero-order valence-electron chi connectivity index (χ0n) is 31.2. The van der Waals surface area contributed by atoms with E-state index < -0.39 is 21.3 Å². The summed E-state index contributed by atoms with van der Waals surface area (Å²) >= 11 is 10.6. The van der Waals surface area contributed by atoms with Crippen LogP contribution in [0.25, 0.3) is 11.1 Å². The predicted molar refractivity (Wildman–Crippen MR) is 207 cm³/mol. The van der Waals surface area contributed by atoms with Crippen LogP contribution in [0.5, 0.6) is 0 Å². The first-order valence-electron chi connectivity index (χ1n) is 17.5. The first kappa shape index (κ1) is 41.0. The Bertz CT molecular complexity index is 1960. The largest absolute Gasteiger partial charge is 1.00 e. The summed E-state index contributed by atoms with van der Waals surface area (Å²) in [6.07, 6.45) is 7.26. The van der Waals surface area contributed by atoms with Crippen molar-refractivity contribution in [1.82, 2.24) is 0 Å². The SMILES string of the molecule is CCC1C=C(C(C)(C)C)C=[C]1[Zr+2](=[C](c1cccc(Cl)c1)c1cccc(Cl)c1)[c]1cc(C(C)(C)C)cc2c1Cc1ccc(C(C)(C)C)cc1-2.[Cl-].[Cl-]. The van der Waals surface area contributed by atoms with Gasteiger partial charge in [0.1, 0.15) is 0 Å². The van der Waals surface area contributed by atoms with E-state index >= 15 is 0 Å². The molecule has 2 aliphatic carbocycles. The van der Waals surface area contributed by atoms with E-state index in [1.807, 2.05) is 12.1 Å². The molecule has 0 fully saturated rings. The van der Waals surface area contributed by atoms with Crippen LogP contribution in [0.4, 0.5) is 0 Å². The third kappa shape index (κ3) is 8.24. The molecule has 50 heavy (non-hydrogen) atoms. The van der Waals surface area contributed by atoms with Gasteiger partial charge in [-0.25, -0.2) is 0 Å². The maximum Gasteiger partial charge on any atom is -1.00 e. The summed E-state index contributed by atoms with van der Waals surface area (Å²) in [5.41, 5.74) is 12.7. The van der Waals surface area contributed by atoms with Gasteiger partial charge in [-0.05, 0) is 0 Å². The third-order valence-corrected chi connectivity index (χ3v) is 18.4. The van der Waals surface area contributed by atoms with Crippen molar-refractivity contribution in [2.24, 2.45) is 11.3 Å². The van der Waals surface area contributed by atoms with E-state index in [0.717, 1.165) is 22.9 Å². The zero-order chi connectivity index (χ0) is 34.8. The Labute approximate surface area is 331 Å². The van der Waals surface area contributed by atoms with Crippen molar-refractivity contribution in [3.63, 3.8) is 0 Å². The molecule has 4 aromatic carbocycles. The Morgan fingerprint density at radius 2 is 1.24 bits per heavy atom. The molecule has 1 unspecified atom stereocenters. The van der Waals surface area contributed by atoms with E-state index in [1.165, 1.54) is 53.3 Å². The molecule has 0 N–H and O–H groups in total. The van der Waals surface area contributed by atoms with E-state index in [4.69, 9.17) is 23.2 Å². The number of halogens is 4. The Hall–Kier alpha value is -1.73. The summed E-state index contributed by atoms with van der Waals surface area (Å²) in [7, 11) is 0. The average Bonchev–Trinajstić information content (AvgIpc) is 3.60. The smallest absolute Gasteiger partial charge is 1.00 e. The molecule has 2 aliphatic rings. The molecule has 0 amide bonds. The van der Waals surface area contributed by atoms with Crippen LogP contribution in [0.1, 0.15) is 109 Å². The average molecular weight is 824 g/mol. The van der Waals surface area contributed by atoms with Crippen LogP contribution in [0.2, 0.25) is 10.0 Å². The van der Waals surface area contributed by atoms with Gasteiger partial charge in [0.25, 0.3) is 0 Å². The number of rotatable bonds is 5. The molecule has 0 aromatic heterocycles. The molecule has 0 heterocycles. The topological polar surface area (TPSA) is 0 Å². The minimum Gasteiger partial charge on any atom is -1.00 e. The molecular formula is C45H50Cl4Zr. The Morgan fingerprint density at radius 3 is 1.74 bits per heavy atom. The fourth-order valence-electron chi connectivity index (χ4n) is 7.27. The summed E-state index contributed by atoms with van der Waals surface area (Å²) in [4.78, 5) is 0. The van der Waals surface area contributed by atoms with E-state index in [9.17, 15) is 0 Å². The van der Waals surface area contributed by atoms with Crippen molar-refractivity contribution in [2.75, 3.05) is 0 Å². The maximum atomic E-state index is 6.81. The number of allylic oxidation sites excluding steroid dienone is 4. The number of hydrogen-bond donors (Lipinski definition) is 0. The van der Waals surface area contributed by atoms with Crippen molar-refractivity contribution in [1.29, 1.82) is 0 Å². The summed E-state index contributed by atoms with van der Waals surface area (Å²) in [6.45, 7) is 23.5. The molecule has 0 saturated heterocycles. The summed E-state index contributed by atoms with van der Waals surface area (Å²) in [6, 6.07) is 29.5. The van der Waals surface area contributed by atoms with Gasteiger partial charge < -0.3 is 24.8 Å². The van der Waals surface area contributed by atoms with Crippen molar-refractivity contribution < 1.29 is 46.1 Å². The molecule has 6 rings (SSSR count). The Morgan fingerprint density at radius 1 is 0.680 bits per heavy atom. The number of hydrogen-bond acceptors (Lipinski definition) is 0. The van der Waals surface area contributed by atoms with Gasteiger partial charge in [0.15, 0.2) is 0 Å². The monoisotopic (exact) mass is 820 g/mol. The standard InChI is InChI=1S/C21H25.C13H8Cl2.C11H17.2ClH.Zr/c1-20(2,3)16-9-7-14-11-15-8-10-17(21(4,5)6)13-19(15)18(14)12-16;14-12-5-1-3-10(8-12)7-11-4-2-6-13(15)9-11;1-5-9-6-7-10(8-9)11(2,3)4;;;/h7,9-10,12-13H,11H2,1-6H3;1-6,8-9H;7-9H,5H2,1-4H3;2*1H;/q;;;;;+2/p-2. The van der Waals surface area contributed by atoms with Crippen LogP contribution in [0.3, 0.4) is 0 Å². The van der Waals surface area contributed by atoms with Crippen LogP contribution >= 0.6 is 23.2 Å². The minimum atomic E-state index is -3.05. The van der Waals surface area contributed by atoms with Crippen LogP contribution in [-0.2, 0) is 38.5 Å². The Balaban J connectivity index is 0.00000281. The molecule has 0 aliphatic heterocycles. The van der Waals surface area contributed by atoms with Crippen molar-refractivity contribution in [2.45, 2.75) is 92.9 Å². The molecule has 5 heteroatoms. The van der Waals surface area contributed by atoms with Crippen LogP contribution in [0.15, 0.2) is 99.9 Å². The second-order valence-electron chi connectivity index (χ2n) is 16.9. The summed E-state index contributed by atoms with van der Waals surface area (Å²) < 4.78 is 4.70. The molecule has 0 nitrogen and oxygen atoms in total. The van der Waals surface area contributed by atoms with E-state index in [2.05, 4.69) is 148 Å². The van der Waals surface area contributed by atoms with Gasteiger partial charge in [0, 0.05) is 0 Å². The van der Waals surface area contributed by atoms with Crippen LogP contribution < -0.4 is 28.1 Å². The van der Waals surface area contributed by atoms with Crippen molar-refractivity contribution in [3.05, 3.63) is 143 Å². The quantitative estimate of drug-likeness (QED) is 0.188. The molecule has 4 aromatic rings. The molecule has 1 atom stereocenters. The normalized spacial score (nSPS) is 15.1. The second-order valence-corrected chi connectivity index (χ2v) is 23.5. The maximum absolute atomic E-state index is 6.81.